The zero-order chi connectivity index (χ0) is 17.8. The Morgan fingerprint density at radius 3 is 2.72 bits per heavy atom. The Balaban J connectivity index is 1.76. The lowest BCUT2D eigenvalue weighted by atomic mass is 10.2. The Morgan fingerprint density at radius 2 is 2.00 bits per heavy atom. The van der Waals surface area contributed by atoms with E-state index in [2.05, 4.69) is 38.0 Å². The topological polar surface area (TPSA) is 76.9 Å². The molecule has 0 aliphatic carbocycles. The summed E-state index contributed by atoms with van der Waals surface area (Å²) >= 11 is 3.60. The van der Waals surface area contributed by atoms with Crippen LogP contribution in [0.25, 0.3) is 11.3 Å². The molecule has 1 N–H and O–H groups in total. The number of nitrogens with one attached hydrogen (secondary N) is 1. The van der Waals surface area contributed by atoms with Crippen LogP contribution in [0.5, 0.6) is 0 Å². The Kier molecular flexibility index (Phi) is 5.59. The predicted molar refractivity (Wildman–Crippen MR) is 107 cm³/mol. The molecule has 0 fully saturated rings. The smallest absolute Gasteiger partial charge is 0.277 e. The van der Waals surface area contributed by atoms with Gasteiger partial charge in [0, 0.05) is 27.1 Å². The van der Waals surface area contributed by atoms with E-state index in [0.29, 0.717) is 11.7 Å². The summed E-state index contributed by atoms with van der Waals surface area (Å²) in [5.41, 5.74) is 1.78. The summed E-state index contributed by atoms with van der Waals surface area (Å²) in [5, 5.41) is 9.22. The van der Waals surface area contributed by atoms with Gasteiger partial charge < -0.3 is 0 Å². The summed E-state index contributed by atoms with van der Waals surface area (Å²) in [6.07, 6.45) is 0.768. The second-order valence-corrected chi connectivity index (χ2v) is 7.38. The van der Waals surface area contributed by atoms with Crippen LogP contribution in [0.1, 0.15) is 23.8 Å². The van der Waals surface area contributed by atoms with Gasteiger partial charge in [-0.15, -0.1) is 11.3 Å². The lowest BCUT2D eigenvalue weighted by Gasteiger charge is -2.05. The van der Waals surface area contributed by atoms with Crippen LogP contribution >= 0.6 is 33.9 Å². The fourth-order valence-electron chi connectivity index (χ4n) is 2.19. The van der Waals surface area contributed by atoms with Crippen molar-refractivity contribution in [3.8, 4) is 11.3 Å². The van der Waals surface area contributed by atoms with E-state index in [1.54, 1.807) is 0 Å². The number of carbonyl (C=O) groups is 1. The minimum atomic E-state index is -0.381. The molecule has 25 heavy (non-hydrogen) atoms. The number of amides is 1. The maximum absolute atomic E-state index is 12.3. The van der Waals surface area contributed by atoms with Crippen LogP contribution in [0.15, 0.2) is 46.6 Å². The van der Waals surface area contributed by atoms with Gasteiger partial charge in [0.25, 0.3) is 11.5 Å². The van der Waals surface area contributed by atoms with Gasteiger partial charge in [-0.3, -0.25) is 14.9 Å². The highest BCUT2D eigenvalue weighted by Gasteiger charge is 2.12. The SMILES string of the molecule is CCCn1nc(C(=O)Nc2nc(-c3ccc(I)cc3)cs2)ccc1=O. The summed E-state index contributed by atoms with van der Waals surface area (Å²) < 4.78 is 2.45. The van der Waals surface area contributed by atoms with Crippen molar-refractivity contribution in [3.05, 3.63) is 61.4 Å². The van der Waals surface area contributed by atoms with E-state index in [4.69, 9.17) is 0 Å². The number of hydrogen-bond acceptors (Lipinski definition) is 5. The van der Waals surface area contributed by atoms with Gasteiger partial charge in [0.15, 0.2) is 5.13 Å². The molecular weight excluding hydrogens is 451 g/mol. The molecule has 1 amide bonds. The van der Waals surface area contributed by atoms with E-state index >= 15 is 0 Å². The van der Waals surface area contributed by atoms with E-state index in [1.165, 1.54) is 28.2 Å². The van der Waals surface area contributed by atoms with E-state index in [1.807, 2.05) is 36.6 Å². The predicted octanol–water partition coefficient (Wildman–Crippen LogP) is 3.63. The molecule has 0 atom stereocenters. The molecular formula is C17H15IN4O2S. The molecule has 0 radical (unpaired) electrons. The van der Waals surface area contributed by atoms with Crippen LogP contribution in [0.2, 0.25) is 0 Å². The average molecular weight is 466 g/mol. The quantitative estimate of drug-likeness (QED) is 0.583. The fourth-order valence-corrected chi connectivity index (χ4v) is 3.26. The van der Waals surface area contributed by atoms with Crippen molar-refractivity contribution >= 4 is 45.0 Å². The number of benzene rings is 1. The van der Waals surface area contributed by atoms with Crippen molar-refractivity contribution in [1.82, 2.24) is 14.8 Å². The molecule has 0 saturated carbocycles. The number of nitrogens with zero attached hydrogens (tertiary/aromatic N) is 3. The van der Waals surface area contributed by atoms with Gasteiger partial charge in [-0.05, 0) is 47.2 Å². The summed E-state index contributed by atoms with van der Waals surface area (Å²) in [4.78, 5) is 28.5. The first kappa shape index (κ1) is 17.7. The van der Waals surface area contributed by atoms with Crippen LogP contribution in [-0.2, 0) is 6.54 Å². The zero-order valence-corrected chi connectivity index (χ0v) is 16.4. The number of halogens is 1. The molecule has 8 heteroatoms. The third-order valence-electron chi connectivity index (χ3n) is 3.40. The minimum Gasteiger partial charge on any atom is -0.296 e. The summed E-state index contributed by atoms with van der Waals surface area (Å²) in [7, 11) is 0. The normalized spacial score (nSPS) is 10.6. The van der Waals surface area contributed by atoms with Crippen LogP contribution in [-0.4, -0.2) is 20.7 Å². The molecule has 2 heterocycles. The number of carbonyl (C=O) groups excluding carboxylic acids is 1. The molecule has 0 saturated heterocycles. The number of anilines is 1. The molecule has 0 spiro atoms. The number of aromatic nitrogens is 3. The van der Waals surface area contributed by atoms with Crippen molar-refractivity contribution in [2.24, 2.45) is 0 Å². The number of hydrogen-bond donors (Lipinski definition) is 1. The number of rotatable bonds is 5. The summed E-state index contributed by atoms with van der Waals surface area (Å²) in [6.45, 7) is 2.43. The Labute approximate surface area is 162 Å². The average Bonchev–Trinajstić information content (AvgIpc) is 3.06. The van der Waals surface area contributed by atoms with Crippen LogP contribution in [0.4, 0.5) is 5.13 Å². The number of aryl methyl sites for hydroxylation is 1. The second-order valence-electron chi connectivity index (χ2n) is 5.28. The first-order valence-corrected chi connectivity index (χ1v) is 9.63. The Bertz CT molecular complexity index is 950. The van der Waals surface area contributed by atoms with Crippen molar-refractivity contribution in [3.63, 3.8) is 0 Å². The maximum Gasteiger partial charge on any atom is 0.277 e. The minimum absolute atomic E-state index is 0.194. The van der Waals surface area contributed by atoms with Gasteiger partial charge in [0.1, 0.15) is 5.69 Å². The third kappa shape index (κ3) is 4.31. The second kappa shape index (κ2) is 7.87. The lowest BCUT2D eigenvalue weighted by Crippen LogP contribution is -2.26. The first-order valence-electron chi connectivity index (χ1n) is 7.68. The van der Waals surface area contributed by atoms with Gasteiger partial charge >= 0.3 is 0 Å². The van der Waals surface area contributed by atoms with Gasteiger partial charge in [0.05, 0.1) is 5.69 Å². The largest absolute Gasteiger partial charge is 0.296 e. The monoisotopic (exact) mass is 466 g/mol. The van der Waals surface area contributed by atoms with E-state index in [0.717, 1.165) is 21.2 Å². The highest BCUT2D eigenvalue weighted by Crippen LogP contribution is 2.25. The number of thiazole rings is 1. The van der Waals surface area contributed by atoms with Gasteiger partial charge in [-0.25, -0.2) is 9.67 Å². The lowest BCUT2D eigenvalue weighted by molar-refractivity contribution is 0.101. The fraction of sp³-hybridized carbons (Fsp3) is 0.176. The molecule has 0 unspecified atom stereocenters. The molecule has 0 aliphatic rings. The highest BCUT2D eigenvalue weighted by atomic mass is 127. The Morgan fingerprint density at radius 1 is 1.24 bits per heavy atom. The highest BCUT2D eigenvalue weighted by molar-refractivity contribution is 14.1. The van der Waals surface area contributed by atoms with Crippen LogP contribution in [0, 0.1) is 3.57 Å². The zero-order valence-electron chi connectivity index (χ0n) is 13.4. The van der Waals surface area contributed by atoms with Crippen molar-refractivity contribution in [2.75, 3.05) is 5.32 Å². The van der Waals surface area contributed by atoms with Gasteiger partial charge in [-0.1, -0.05) is 19.1 Å². The van der Waals surface area contributed by atoms with Crippen LogP contribution in [0.3, 0.4) is 0 Å². The molecule has 0 aliphatic heterocycles. The molecule has 3 rings (SSSR count). The third-order valence-corrected chi connectivity index (χ3v) is 4.88. The standard InChI is InChI=1S/C17H15IN4O2S/c1-2-9-22-15(23)8-7-13(21-22)16(24)20-17-19-14(10-25-17)11-3-5-12(18)6-4-11/h3-8,10H,2,9H2,1H3,(H,19,20,24). The molecule has 3 aromatic rings. The van der Waals surface area contributed by atoms with E-state index < -0.39 is 0 Å². The molecule has 128 valence electrons. The van der Waals surface area contributed by atoms with Gasteiger partial charge in [-0.2, -0.15) is 5.10 Å². The van der Waals surface area contributed by atoms with E-state index in [9.17, 15) is 9.59 Å². The molecule has 6 nitrogen and oxygen atoms in total. The van der Waals surface area contributed by atoms with Crippen molar-refractivity contribution < 1.29 is 4.79 Å². The molecule has 1 aromatic carbocycles. The van der Waals surface area contributed by atoms with E-state index in [-0.39, 0.29) is 17.2 Å². The summed E-state index contributed by atoms with van der Waals surface area (Å²) in [6, 6.07) is 10.8. The first-order chi connectivity index (χ1) is 12.1. The van der Waals surface area contributed by atoms with Crippen LogP contribution < -0.4 is 10.9 Å². The Hall–Kier alpha value is -2.07. The summed E-state index contributed by atoms with van der Waals surface area (Å²) in [5.74, 6) is -0.381. The molecule has 2 aromatic heterocycles. The maximum atomic E-state index is 12.3. The molecule has 0 bridgehead atoms. The van der Waals surface area contributed by atoms with Crippen molar-refractivity contribution in [2.45, 2.75) is 19.9 Å². The van der Waals surface area contributed by atoms with Crippen molar-refractivity contribution in [1.29, 1.82) is 0 Å². The van der Waals surface area contributed by atoms with Gasteiger partial charge in [0.2, 0.25) is 0 Å².